The normalized spacial score (nSPS) is 18.6. The first-order valence-electron chi connectivity index (χ1n) is 5.63. The quantitative estimate of drug-likeness (QED) is 0.432. The average Bonchev–Trinajstić information content (AvgIpc) is 2.54. The molecule has 7 nitrogen and oxygen atoms in total. The van der Waals surface area contributed by atoms with Crippen molar-refractivity contribution in [1.29, 1.82) is 0 Å². The fourth-order valence-electron chi connectivity index (χ4n) is 1.28. The Hall–Kier alpha value is -2.05. The van der Waals surface area contributed by atoms with Crippen LogP contribution in [0.1, 0.15) is 27.7 Å². The Kier molecular flexibility index (Phi) is 4.30. The third-order valence-corrected chi connectivity index (χ3v) is 2.24. The van der Waals surface area contributed by atoms with Crippen molar-refractivity contribution >= 4 is 30.0 Å². The Bertz CT molecular complexity index is 438. The minimum Gasteiger partial charge on any atom is -0.287 e. The predicted octanol–water partition coefficient (Wildman–Crippen LogP) is -0.0799. The van der Waals surface area contributed by atoms with Crippen molar-refractivity contribution in [1.82, 2.24) is 10.2 Å². The molecule has 0 aromatic heterocycles. The van der Waals surface area contributed by atoms with Gasteiger partial charge in [-0.25, -0.2) is 9.98 Å². The Morgan fingerprint density at radius 1 is 1.28 bits per heavy atom. The minimum atomic E-state index is -0.731. The zero-order valence-electron chi connectivity index (χ0n) is 10.8. The van der Waals surface area contributed by atoms with Crippen LogP contribution < -0.4 is 5.32 Å². The molecule has 1 aliphatic heterocycles. The zero-order valence-corrected chi connectivity index (χ0v) is 10.8. The highest BCUT2D eigenvalue weighted by Crippen LogP contribution is 2.06. The first-order chi connectivity index (χ1) is 8.34. The molecule has 7 heteroatoms. The Morgan fingerprint density at radius 3 is 2.39 bits per heavy atom. The van der Waals surface area contributed by atoms with Gasteiger partial charge in [-0.05, 0) is 13.8 Å². The largest absolute Gasteiger partial charge is 0.319 e. The molecule has 0 aromatic carbocycles. The number of aliphatic imine (C=N–C) groups is 2. The molecule has 0 atom stereocenters. The van der Waals surface area contributed by atoms with Crippen LogP contribution in [-0.4, -0.2) is 41.0 Å². The van der Waals surface area contributed by atoms with E-state index < -0.39 is 11.8 Å². The fraction of sp³-hybridized carbons (Fsp3) is 0.545. The number of guanidine groups is 1. The van der Waals surface area contributed by atoms with E-state index in [0.29, 0.717) is 0 Å². The molecular formula is C11H16N4O3. The van der Waals surface area contributed by atoms with Gasteiger partial charge in [-0.1, -0.05) is 13.8 Å². The maximum Gasteiger partial charge on any atom is 0.319 e. The molecule has 0 aliphatic carbocycles. The smallest absolute Gasteiger partial charge is 0.287 e. The summed E-state index contributed by atoms with van der Waals surface area (Å²) in [5.41, 5.74) is 0. The maximum absolute atomic E-state index is 11.5. The van der Waals surface area contributed by atoms with E-state index >= 15 is 0 Å². The summed E-state index contributed by atoms with van der Waals surface area (Å²) in [5, 5.41) is 2.32. The second-order valence-corrected chi connectivity index (χ2v) is 4.41. The Labute approximate surface area is 105 Å². The van der Waals surface area contributed by atoms with Gasteiger partial charge in [0.05, 0.1) is 0 Å². The molecule has 0 aromatic rings. The number of amides is 3. The van der Waals surface area contributed by atoms with Crippen LogP contribution in [0.25, 0.3) is 0 Å². The van der Waals surface area contributed by atoms with Gasteiger partial charge in [0.1, 0.15) is 6.34 Å². The lowest BCUT2D eigenvalue weighted by Gasteiger charge is -2.17. The van der Waals surface area contributed by atoms with Crippen LogP contribution in [0.4, 0.5) is 0 Å². The molecule has 1 rings (SSSR count). The highest BCUT2D eigenvalue weighted by atomic mass is 16.2. The summed E-state index contributed by atoms with van der Waals surface area (Å²) in [4.78, 5) is 42.6. The van der Waals surface area contributed by atoms with E-state index in [1.54, 1.807) is 27.7 Å². The van der Waals surface area contributed by atoms with Crippen LogP contribution in [0.15, 0.2) is 9.98 Å². The van der Waals surface area contributed by atoms with Crippen molar-refractivity contribution in [3.8, 4) is 0 Å². The van der Waals surface area contributed by atoms with Gasteiger partial charge in [0.25, 0.3) is 0 Å². The van der Waals surface area contributed by atoms with Crippen LogP contribution in [0.2, 0.25) is 0 Å². The van der Waals surface area contributed by atoms with Crippen molar-refractivity contribution in [2.75, 3.05) is 0 Å². The van der Waals surface area contributed by atoms with Crippen molar-refractivity contribution in [3.05, 3.63) is 0 Å². The Morgan fingerprint density at radius 2 is 1.89 bits per heavy atom. The molecule has 0 saturated carbocycles. The van der Waals surface area contributed by atoms with Crippen LogP contribution in [-0.2, 0) is 14.4 Å². The summed E-state index contributed by atoms with van der Waals surface area (Å²) in [7, 11) is 0. The monoisotopic (exact) mass is 252 g/mol. The van der Waals surface area contributed by atoms with E-state index in [4.69, 9.17) is 0 Å². The Balaban J connectivity index is 2.85. The first kappa shape index (κ1) is 14.0. The molecule has 98 valence electrons. The number of carbonyl (C=O) groups is 3. The standard InChI is InChI=1S/C11H16N4O3/c1-6(2)8(16)12-5-13-11-14-9(17)10(18)15(11)7(3)4/h5-7H,1-4H3,(H,12,13,14,16,17). The summed E-state index contributed by atoms with van der Waals surface area (Å²) in [6, 6.07) is -0.204. The van der Waals surface area contributed by atoms with Crippen molar-refractivity contribution in [2.45, 2.75) is 33.7 Å². The lowest BCUT2D eigenvalue weighted by Crippen LogP contribution is -2.38. The minimum absolute atomic E-state index is 0.0975. The molecule has 1 fully saturated rings. The van der Waals surface area contributed by atoms with E-state index in [-0.39, 0.29) is 23.8 Å². The van der Waals surface area contributed by atoms with Gasteiger partial charge in [-0.3, -0.25) is 24.6 Å². The van der Waals surface area contributed by atoms with Crippen LogP contribution >= 0.6 is 0 Å². The molecule has 0 spiro atoms. The molecule has 1 aliphatic rings. The number of nitrogens with one attached hydrogen (secondary N) is 1. The maximum atomic E-state index is 11.5. The molecular weight excluding hydrogens is 236 g/mol. The van der Waals surface area contributed by atoms with Crippen molar-refractivity contribution < 1.29 is 14.4 Å². The van der Waals surface area contributed by atoms with Crippen LogP contribution in [0, 0.1) is 5.92 Å². The zero-order chi connectivity index (χ0) is 13.9. The predicted molar refractivity (Wildman–Crippen MR) is 65.9 cm³/mol. The molecule has 0 bridgehead atoms. The molecule has 1 N–H and O–H groups in total. The van der Waals surface area contributed by atoms with Gasteiger partial charge >= 0.3 is 11.8 Å². The second kappa shape index (κ2) is 5.52. The third kappa shape index (κ3) is 2.99. The number of carbonyl (C=O) groups excluding carboxylic acids is 3. The van der Waals surface area contributed by atoms with E-state index in [2.05, 4.69) is 15.3 Å². The summed E-state index contributed by atoms with van der Waals surface area (Å²) in [6.07, 6.45) is 1.05. The van der Waals surface area contributed by atoms with Crippen LogP contribution in [0.3, 0.4) is 0 Å². The lowest BCUT2D eigenvalue weighted by molar-refractivity contribution is -0.140. The van der Waals surface area contributed by atoms with Gasteiger partial charge in [-0.2, -0.15) is 0 Å². The lowest BCUT2D eigenvalue weighted by atomic mass is 10.2. The summed E-state index contributed by atoms with van der Waals surface area (Å²) >= 11 is 0. The molecule has 0 radical (unpaired) electrons. The van der Waals surface area contributed by atoms with E-state index in [1.165, 1.54) is 4.90 Å². The second-order valence-electron chi connectivity index (χ2n) is 4.41. The molecule has 0 unspecified atom stereocenters. The summed E-state index contributed by atoms with van der Waals surface area (Å²) < 4.78 is 0. The topological polar surface area (TPSA) is 91.2 Å². The number of hydrogen-bond donors (Lipinski definition) is 1. The molecule has 1 saturated heterocycles. The number of rotatable bonds is 3. The summed E-state index contributed by atoms with van der Waals surface area (Å²) in [6.45, 7) is 6.94. The molecule has 18 heavy (non-hydrogen) atoms. The molecule has 1 heterocycles. The van der Waals surface area contributed by atoms with Gasteiger partial charge in [0, 0.05) is 12.0 Å². The van der Waals surface area contributed by atoms with Gasteiger partial charge in [0.2, 0.25) is 11.9 Å². The highest BCUT2D eigenvalue weighted by Gasteiger charge is 2.36. The van der Waals surface area contributed by atoms with Gasteiger partial charge < -0.3 is 0 Å². The number of nitrogens with zero attached hydrogens (tertiary/aromatic N) is 3. The van der Waals surface area contributed by atoms with Crippen molar-refractivity contribution in [2.24, 2.45) is 15.9 Å². The fourth-order valence-corrected chi connectivity index (χ4v) is 1.28. The summed E-state index contributed by atoms with van der Waals surface area (Å²) in [5.74, 6) is -1.83. The average molecular weight is 252 g/mol. The van der Waals surface area contributed by atoms with E-state index in [9.17, 15) is 14.4 Å². The third-order valence-electron chi connectivity index (χ3n) is 2.24. The van der Waals surface area contributed by atoms with E-state index in [1.807, 2.05) is 0 Å². The van der Waals surface area contributed by atoms with Crippen molar-refractivity contribution in [3.63, 3.8) is 0 Å². The van der Waals surface area contributed by atoms with Crippen LogP contribution in [0.5, 0.6) is 0 Å². The van der Waals surface area contributed by atoms with Gasteiger partial charge in [0.15, 0.2) is 0 Å². The number of hydrogen-bond acceptors (Lipinski definition) is 3. The molecule has 3 amide bonds. The SMILES string of the molecule is CC(C)C(=O)N=CN=C1NC(=O)C(=O)N1C(C)C. The van der Waals surface area contributed by atoms with Gasteiger partial charge in [-0.15, -0.1) is 0 Å². The van der Waals surface area contributed by atoms with E-state index in [0.717, 1.165) is 6.34 Å². The first-order valence-corrected chi connectivity index (χ1v) is 5.63. The highest BCUT2D eigenvalue weighted by molar-refractivity contribution is 6.45.